The Morgan fingerprint density at radius 3 is 1.69 bits per heavy atom. The van der Waals surface area contributed by atoms with Crippen molar-refractivity contribution in [2.75, 3.05) is 0 Å². The van der Waals surface area contributed by atoms with E-state index in [1.165, 1.54) is 70.7 Å². The van der Waals surface area contributed by atoms with E-state index in [1.54, 1.807) is 0 Å². The van der Waals surface area contributed by atoms with E-state index in [0.29, 0.717) is 0 Å². The number of benzene rings is 8. The van der Waals surface area contributed by atoms with Gasteiger partial charge in [-0.2, -0.15) is 0 Å². The first kappa shape index (κ1) is 23.3. The van der Waals surface area contributed by atoms with Crippen molar-refractivity contribution in [2.24, 2.45) is 0 Å². The highest BCUT2D eigenvalue weighted by molar-refractivity contribution is 6.28. The number of rotatable bonds is 2. The van der Waals surface area contributed by atoms with E-state index in [0.717, 1.165) is 22.1 Å². The molecule has 9 rings (SSSR count). The summed E-state index contributed by atoms with van der Waals surface area (Å²) >= 11 is 0. The Hall–Kier alpha value is -5.40. The molecule has 0 saturated heterocycles. The fourth-order valence-corrected chi connectivity index (χ4v) is 6.99. The first-order chi connectivity index (χ1) is 20.7. The lowest BCUT2D eigenvalue weighted by atomic mass is 9.84. The first-order valence-corrected chi connectivity index (χ1v) is 14.5. The smallest absolute Gasteiger partial charge is 0.143 e. The summed E-state index contributed by atoms with van der Waals surface area (Å²) in [5.74, 6) is 0. The van der Waals surface area contributed by atoms with Gasteiger partial charge in [0.1, 0.15) is 11.2 Å². The third-order valence-corrected chi connectivity index (χ3v) is 8.86. The molecule has 42 heavy (non-hydrogen) atoms. The minimum absolute atomic E-state index is 0.925. The summed E-state index contributed by atoms with van der Waals surface area (Å²) in [5.41, 5.74) is 7.99. The van der Waals surface area contributed by atoms with Crippen molar-refractivity contribution in [3.63, 3.8) is 0 Å². The van der Waals surface area contributed by atoms with Crippen molar-refractivity contribution in [3.8, 4) is 22.3 Å². The van der Waals surface area contributed by atoms with Crippen LogP contribution in [0.4, 0.5) is 0 Å². The normalized spacial score (nSPS) is 11.9. The van der Waals surface area contributed by atoms with Gasteiger partial charge in [0.25, 0.3) is 0 Å². The molecule has 0 amide bonds. The Balaban J connectivity index is 1.49. The topological polar surface area (TPSA) is 13.1 Å². The van der Waals surface area contributed by atoms with Crippen LogP contribution >= 0.6 is 0 Å². The molecule has 0 bridgehead atoms. The lowest BCUT2D eigenvalue weighted by molar-refractivity contribution is 0.670. The number of hydrogen-bond donors (Lipinski definition) is 0. The average molecular weight is 535 g/mol. The van der Waals surface area contributed by atoms with E-state index in [1.807, 2.05) is 0 Å². The maximum absolute atomic E-state index is 6.76. The van der Waals surface area contributed by atoms with Crippen LogP contribution in [0.3, 0.4) is 0 Å². The molecule has 196 valence electrons. The quantitative estimate of drug-likeness (QED) is 0.201. The van der Waals surface area contributed by atoms with Crippen molar-refractivity contribution < 1.29 is 4.42 Å². The summed E-state index contributed by atoms with van der Waals surface area (Å²) in [6.45, 7) is 2.15. The third-order valence-electron chi connectivity index (χ3n) is 8.86. The third kappa shape index (κ3) is 3.31. The van der Waals surface area contributed by atoms with Gasteiger partial charge in [0.05, 0.1) is 0 Å². The SMILES string of the molecule is Cc1ccc2oc3c(-c4c5ccccc5c(-c5ccc6ccccc6c5)c5ccccc45)c4ccccc4cc3c2c1. The van der Waals surface area contributed by atoms with Crippen LogP contribution < -0.4 is 0 Å². The van der Waals surface area contributed by atoms with Crippen molar-refractivity contribution in [3.05, 3.63) is 145 Å². The summed E-state index contributed by atoms with van der Waals surface area (Å²) in [4.78, 5) is 0. The van der Waals surface area contributed by atoms with Crippen molar-refractivity contribution in [2.45, 2.75) is 6.92 Å². The van der Waals surface area contributed by atoms with Crippen LogP contribution in [0.1, 0.15) is 5.56 Å². The highest BCUT2D eigenvalue weighted by atomic mass is 16.3. The molecule has 0 spiro atoms. The Morgan fingerprint density at radius 1 is 0.381 bits per heavy atom. The molecule has 1 aromatic heterocycles. The van der Waals surface area contributed by atoms with E-state index in [9.17, 15) is 0 Å². The molecular weight excluding hydrogens is 508 g/mol. The van der Waals surface area contributed by atoms with Crippen LogP contribution in [0.25, 0.3) is 87.3 Å². The van der Waals surface area contributed by atoms with E-state index < -0.39 is 0 Å². The molecule has 0 radical (unpaired) electrons. The zero-order valence-corrected chi connectivity index (χ0v) is 23.2. The van der Waals surface area contributed by atoms with Crippen LogP contribution in [0.15, 0.2) is 144 Å². The van der Waals surface area contributed by atoms with Crippen LogP contribution in [0.2, 0.25) is 0 Å². The Labute approximate surface area is 243 Å². The summed E-state index contributed by atoms with van der Waals surface area (Å²) < 4.78 is 6.76. The zero-order chi connectivity index (χ0) is 27.8. The molecule has 0 aliphatic carbocycles. The van der Waals surface area contributed by atoms with Gasteiger partial charge in [-0.05, 0) is 85.4 Å². The molecule has 0 unspecified atom stereocenters. The molecule has 1 nitrogen and oxygen atoms in total. The highest BCUT2D eigenvalue weighted by Gasteiger charge is 2.22. The number of furan rings is 1. The molecule has 0 N–H and O–H groups in total. The second-order valence-electron chi connectivity index (χ2n) is 11.4. The minimum Gasteiger partial charge on any atom is -0.455 e. The summed E-state index contributed by atoms with van der Waals surface area (Å²) in [6.07, 6.45) is 0. The van der Waals surface area contributed by atoms with E-state index in [2.05, 4.69) is 146 Å². The van der Waals surface area contributed by atoms with Crippen molar-refractivity contribution in [1.29, 1.82) is 0 Å². The van der Waals surface area contributed by atoms with Crippen molar-refractivity contribution in [1.82, 2.24) is 0 Å². The Morgan fingerprint density at radius 2 is 0.976 bits per heavy atom. The predicted octanol–water partition coefficient (Wildman–Crippen LogP) is 11.8. The number of aryl methyl sites for hydroxylation is 1. The molecule has 0 atom stereocenters. The predicted molar refractivity (Wildman–Crippen MR) is 179 cm³/mol. The average Bonchev–Trinajstić information content (AvgIpc) is 3.39. The van der Waals surface area contributed by atoms with Crippen molar-refractivity contribution >= 4 is 65.0 Å². The van der Waals surface area contributed by atoms with Gasteiger partial charge < -0.3 is 4.42 Å². The van der Waals surface area contributed by atoms with Gasteiger partial charge in [0, 0.05) is 21.9 Å². The maximum atomic E-state index is 6.76. The Kier molecular flexibility index (Phi) is 4.88. The standard InChI is InChI=1S/C41H26O/c1-25-18-21-37-35(22-25)36-24-28-12-4-5-13-30(28)40(41(36)42-37)39-33-16-8-6-14-31(33)38(32-15-7-9-17-34(32)39)29-20-19-26-10-2-3-11-27(26)23-29/h2-24H,1H3. The molecule has 0 saturated carbocycles. The molecule has 0 aliphatic rings. The van der Waals surface area contributed by atoms with E-state index >= 15 is 0 Å². The molecule has 9 aromatic rings. The van der Waals surface area contributed by atoms with Crippen LogP contribution in [0, 0.1) is 6.92 Å². The highest BCUT2D eigenvalue weighted by Crippen LogP contribution is 2.49. The van der Waals surface area contributed by atoms with E-state index in [4.69, 9.17) is 4.42 Å². The van der Waals surface area contributed by atoms with Gasteiger partial charge in [-0.25, -0.2) is 0 Å². The first-order valence-electron chi connectivity index (χ1n) is 14.5. The second-order valence-corrected chi connectivity index (χ2v) is 11.4. The number of fused-ring (bicyclic) bond motifs is 7. The molecule has 1 heterocycles. The molecule has 0 fully saturated rings. The van der Waals surface area contributed by atoms with Gasteiger partial charge in [-0.15, -0.1) is 0 Å². The second kappa shape index (κ2) is 8.80. The lowest BCUT2D eigenvalue weighted by Gasteiger charge is -2.19. The number of hydrogen-bond acceptors (Lipinski definition) is 1. The molecule has 0 aliphatic heterocycles. The van der Waals surface area contributed by atoms with Crippen LogP contribution in [0.5, 0.6) is 0 Å². The van der Waals surface area contributed by atoms with Gasteiger partial charge in [0.2, 0.25) is 0 Å². The summed E-state index contributed by atoms with van der Waals surface area (Å²) in [7, 11) is 0. The fraction of sp³-hybridized carbons (Fsp3) is 0.0244. The van der Waals surface area contributed by atoms with Gasteiger partial charge in [-0.1, -0.05) is 121 Å². The minimum atomic E-state index is 0.925. The van der Waals surface area contributed by atoms with Gasteiger partial charge in [0.15, 0.2) is 0 Å². The van der Waals surface area contributed by atoms with E-state index in [-0.39, 0.29) is 0 Å². The summed E-state index contributed by atoms with van der Waals surface area (Å²) in [5, 5.41) is 12.2. The lowest BCUT2D eigenvalue weighted by Crippen LogP contribution is -1.92. The molecule has 1 heteroatoms. The van der Waals surface area contributed by atoms with Crippen LogP contribution in [-0.2, 0) is 0 Å². The monoisotopic (exact) mass is 534 g/mol. The van der Waals surface area contributed by atoms with Gasteiger partial charge in [-0.3, -0.25) is 0 Å². The summed E-state index contributed by atoms with van der Waals surface area (Å²) in [6, 6.07) is 50.7. The largest absolute Gasteiger partial charge is 0.455 e. The Bertz CT molecular complexity index is 2470. The molecular formula is C41H26O. The maximum Gasteiger partial charge on any atom is 0.143 e. The van der Waals surface area contributed by atoms with Crippen LogP contribution in [-0.4, -0.2) is 0 Å². The molecule has 8 aromatic carbocycles. The fourth-order valence-electron chi connectivity index (χ4n) is 6.99. The van der Waals surface area contributed by atoms with Gasteiger partial charge >= 0.3 is 0 Å². The zero-order valence-electron chi connectivity index (χ0n) is 23.2.